The summed E-state index contributed by atoms with van der Waals surface area (Å²) in [7, 11) is 0. The van der Waals surface area contributed by atoms with E-state index < -0.39 is 0 Å². The molecule has 1 aromatic heterocycles. The normalized spacial score (nSPS) is 12.0. The van der Waals surface area contributed by atoms with Crippen LogP contribution in [0.4, 0.5) is 4.39 Å². The highest BCUT2D eigenvalue weighted by atomic mass is 19.1. The fourth-order valence-electron chi connectivity index (χ4n) is 3.11. The summed E-state index contributed by atoms with van der Waals surface area (Å²) in [6, 6.07) is 20.2. The Bertz CT molecular complexity index is 871. The molecule has 140 valence electrons. The Labute approximate surface area is 160 Å². The first-order valence-corrected chi connectivity index (χ1v) is 9.33. The fraction of sp³-hybridized carbons (Fsp3) is 0.261. The van der Waals surface area contributed by atoms with E-state index in [1.165, 1.54) is 17.7 Å². The lowest BCUT2D eigenvalue weighted by atomic mass is 10.1. The Morgan fingerprint density at radius 2 is 1.74 bits per heavy atom. The molecule has 1 unspecified atom stereocenters. The van der Waals surface area contributed by atoms with E-state index in [9.17, 15) is 9.18 Å². The lowest BCUT2D eigenvalue weighted by molar-refractivity contribution is 0.0667. The number of carbonyl (C=O) groups excluding carboxylic acids is 1. The second-order valence-electron chi connectivity index (χ2n) is 6.81. The van der Waals surface area contributed by atoms with Gasteiger partial charge in [0.25, 0.3) is 5.91 Å². The first-order valence-electron chi connectivity index (χ1n) is 9.33. The molecule has 4 heteroatoms. The molecule has 1 heterocycles. The molecule has 0 aliphatic carbocycles. The van der Waals surface area contributed by atoms with Gasteiger partial charge in [-0.05, 0) is 55.3 Å². The molecule has 0 saturated carbocycles. The molecule has 1 atom stereocenters. The van der Waals surface area contributed by atoms with Gasteiger partial charge >= 0.3 is 0 Å². The molecular weight excluding hydrogens is 339 g/mol. The van der Waals surface area contributed by atoms with Crippen LogP contribution in [0.3, 0.4) is 0 Å². The maximum atomic E-state index is 13.2. The van der Waals surface area contributed by atoms with Gasteiger partial charge in [-0.3, -0.25) is 4.79 Å². The molecule has 27 heavy (non-hydrogen) atoms. The Hall–Kier alpha value is -2.88. The predicted octanol–water partition coefficient (Wildman–Crippen LogP) is 5.12. The molecule has 3 aromatic rings. The Balaban J connectivity index is 1.82. The minimum Gasteiger partial charge on any atom is -0.345 e. The third-order valence-electron chi connectivity index (χ3n) is 4.93. The summed E-state index contributed by atoms with van der Waals surface area (Å²) in [4.78, 5) is 14.9. The molecule has 0 spiro atoms. The van der Waals surface area contributed by atoms with Crippen LogP contribution < -0.4 is 0 Å². The average molecular weight is 364 g/mol. The molecule has 0 radical (unpaired) electrons. The molecule has 1 amide bonds. The Kier molecular flexibility index (Phi) is 6.07. The zero-order valence-electron chi connectivity index (χ0n) is 15.8. The van der Waals surface area contributed by atoms with Gasteiger partial charge in [0.05, 0.1) is 6.54 Å². The van der Waals surface area contributed by atoms with Crippen molar-refractivity contribution in [1.29, 1.82) is 0 Å². The van der Waals surface area contributed by atoms with Gasteiger partial charge in [0.2, 0.25) is 0 Å². The minimum atomic E-state index is -0.335. The molecule has 0 fully saturated rings. The zero-order valence-corrected chi connectivity index (χ0v) is 15.8. The van der Waals surface area contributed by atoms with E-state index in [0.29, 0.717) is 12.1 Å². The van der Waals surface area contributed by atoms with Gasteiger partial charge in [-0.1, -0.05) is 37.3 Å². The monoisotopic (exact) mass is 364 g/mol. The molecule has 0 saturated heterocycles. The van der Waals surface area contributed by atoms with Gasteiger partial charge in [-0.15, -0.1) is 0 Å². The number of carbonyl (C=O) groups is 1. The average Bonchev–Trinajstić information content (AvgIpc) is 3.13. The van der Waals surface area contributed by atoms with E-state index in [-0.39, 0.29) is 17.8 Å². The number of amides is 1. The molecule has 0 bridgehead atoms. The Morgan fingerprint density at radius 3 is 2.41 bits per heavy atom. The summed E-state index contributed by atoms with van der Waals surface area (Å²) in [6.07, 6.45) is 2.89. The first-order chi connectivity index (χ1) is 13.1. The van der Waals surface area contributed by atoms with Crippen LogP contribution in [0.2, 0.25) is 0 Å². The van der Waals surface area contributed by atoms with Gasteiger partial charge < -0.3 is 9.47 Å². The summed E-state index contributed by atoms with van der Waals surface area (Å²) < 4.78 is 15.4. The van der Waals surface area contributed by atoms with Crippen molar-refractivity contribution in [2.75, 3.05) is 0 Å². The predicted molar refractivity (Wildman–Crippen MR) is 106 cm³/mol. The smallest absolute Gasteiger partial charge is 0.254 e. The van der Waals surface area contributed by atoms with Gasteiger partial charge in [0, 0.05) is 30.0 Å². The summed E-state index contributed by atoms with van der Waals surface area (Å²) >= 11 is 0. The Morgan fingerprint density at radius 1 is 1.04 bits per heavy atom. The highest BCUT2D eigenvalue weighted by Crippen LogP contribution is 2.17. The van der Waals surface area contributed by atoms with E-state index in [1.54, 1.807) is 12.1 Å². The topological polar surface area (TPSA) is 25.2 Å². The highest BCUT2D eigenvalue weighted by molar-refractivity contribution is 5.94. The summed E-state index contributed by atoms with van der Waals surface area (Å²) in [5, 5.41) is 0. The van der Waals surface area contributed by atoms with E-state index in [2.05, 4.69) is 29.7 Å². The van der Waals surface area contributed by atoms with Gasteiger partial charge in [-0.25, -0.2) is 4.39 Å². The number of aromatic nitrogens is 1. The van der Waals surface area contributed by atoms with Crippen molar-refractivity contribution in [3.63, 3.8) is 0 Å². The fourth-order valence-corrected chi connectivity index (χ4v) is 3.11. The molecule has 3 rings (SSSR count). The van der Waals surface area contributed by atoms with Crippen LogP contribution >= 0.6 is 0 Å². The summed E-state index contributed by atoms with van der Waals surface area (Å²) in [6.45, 7) is 5.40. The standard InChI is InChI=1S/C23H25FN2O/c1-3-18(2)26(23(27)20-11-13-21(24)14-12-20)17-22-10-7-15-25(22)16-19-8-5-4-6-9-19/h4-15,18H,3,16-17H2,1-2H3. The first kappa shape index (κ1) is 18.9. The molecule has 0 N–H and O–H groups in total. The number of halogens is 1. The molecule has 3 nitrogen and oxygen atoms in total. The van der Waals surface area contributed by atoms with Gasteiger partial charge in [-0.2, -0.15) is 0 Å². The van der Waals surface area contributed by atoms with Crippen LogP contribution in [0.15, 0.2) is 72.9 Å². The van der Waals surface area contributed by atoms with Crippen LogP contribution in [0.5, 0.6) is 0 Å². The van der Waals surface area contributed by atoms with Crippen molar-refractivity contribution in [3.05, 3.63) is 95.6 Å². The summed E-state index contributed by atoms with van der Waals surface area (Å²) in [5.41, 5.74) is 2.81. The highest BCUT2D eigenvalue weighted by Gasteiger charge is 2.22. The number of rotatable bonds is 7. The van der Waals surface area contributed by atoms with Crippen LogP contribution in [-0.4, -0.2) is 21.4 Å². The minimum absolute atomic E-state index is 0.0724. The van der Waals surface area contributed by atoms with Crippen molar-refractivity contribution in [2.24, 2.45) is 0 Å². The largest absolute Gasteiger partial charge is 0.345 e. The third kappa shape index (κ3) is 4.64. The number of benzene rings is 2. The maximum Gasteiger partial charge on any atom is 0.254 e. The van der Waals surface area contributed by atoms with Gasteiger partial charge in [0.15, 0.2) is 0 Å². The van der Waals surface area contributed by atoms with Crippen LogP contribution in [-0.2, 0) is 13.1 Å². The van der Waals surface area contributed by atoms with Crippen LogP contribution in [0.1, 0.15) is 41.9 Å². The van der Waals surface area contributed by atoms with E-state index in [0.717, 1.165) is 18.7 Å². The van der Waals surface area contributed by atoms with E-state index in [1.807, 2.05) is 42.3 Å². The zero-order chi connectivity index (χ0) is 19.2. The second-order valence-corrected chi connectivity index (χ2v) is 6.81. The van der Waals surface area contributed by atoms with E-state index in [4.69, 9.17) is 0 Å². The van der Waals surface area contributed by atoms with Crippen molar-refractivity contribution >= 4 is 5.91 Å². The van der Waals surface area contributed by atoms with Crippen molar-refractivity contribution < 1.29 is 9.18 Å². The number of hydrogen-bond acceptors (Lipinski definition) is 1. The number of nitrogens with zero attached hydrogens (tertiary/aromatic N) is 2. The molecule has 0 aliphatic rings. The van der Waals surface area contributed by atoms with E-state index >= 15 is 0 Å². The summed E-state index contributed by atoms with van der Waals surface area (Å²) in [5.74, 6) is -0.407. The molecule has 0 aliphatic heterocycles. The van der Waals surface area contributed by atoms with Crippen LogP contribution in [0, 0.1) is 5.82 Å². The third-order valence-corrected chi connectivity index (χ3v) is 4.93. The quantitative estimate of drug-likeness (QED) is 0.571. The lowest BCUT2D eigenvalue weighted by Gasteiger charge is -2.29. The van der Waals surface area contributed by atoms with Crippen molar-refractivity contribution in [1.82, 2.24) is 9.47 Å². The number of hydrogen-bond donors (Lipinski definition) is 0. The van der Waals surface area contributed by atoms with Crippen molar-refractivity contribution in [3.8, 4) is 0 Å². The van der Waals surface area contributed by atoms with Gasteiger partial charge in [0.1, 0.15) is 5.82 Å². The molecular formula is C23H25FN2O. The lowest BCUT2D eigenvalue weighted by Crippen LogP contribution is -2.38. The molecule has 2 aromatic carbocycles. The van der Waals surface area contributed by atoms with Crippen molar-refractivity contribution in [2.45, 2.75) is 39.4 Å². The maximum absolute atomic E-state index is 13.2. The second kappa shape index (κ2) is 8.67. The van der Waals surface area contributed by atoms with Crippen LogP contribution in [0.25, 0.3) is 0 Å². The SMILES string of the molecule is CCC(C)N(Cc1cccn1Cc1ccccc1)C(=O)c1ccc(F)cc1.